The Labute approximate surface area is 133 Å². The molecule has 21 heavy (non-hydrogen) atoms. The summed E-state index contributed by atoms with van der Waals surface area (Å²) in [5, 5.41) is 3.65. The second-order valence-electron chi connectivity index (χ2n) is 7.31. The van der Waals surface area contributed by atoms with Gasteiger partial charge in [0.05, 0.1) is 0 Å². The van der Waals surface area contributed by atoms with Gasteiger partial charge in [-0.25, -0.2) is 0 Å². The van der Waals surface area contributed by atoms with Gasteiger partial charge in [0.25, 0.3) is 0 Å². The highest BCUT2D eigenvalue weighted by Gasteiger charge is 2.28. The summed E-state index contributed by atoms with van der Waals surface area (Å²) < 4.78 is 0. The van der Waals surface area contributed by atoms with Gasteiger partial charge in [-0.3, -0.25) is 4.90 Å². The molecule has 1 rings (SSSR count). The van der Waals surface area contributed by atoms with E-state index in [0.717, 1.165) is 12.6 Å². The maximum absolute atomic E-state index is 3.65. The zero-order valence-corrected chi connectivity index (χ0v) is 15.2. The van der Waals surface area contributed by atoms with Crippen molar-refractivity contribution in [1.82, 2.24) is 15.1 Å². The van der Waals surface area contributed by atoms with Crippen LogP contribution in [0.5, 0.6) is 0 Å². The minimum atomic E-state index is 0.433. The van der Waals surface area contributed by atoms with Crippen LogP contribution in [-0.4, -0.2) is 61.7 Å². The van der Waals surface area contributed by atoms with Crippen LogP contribution >= 0.6 is 0 Å². The Hall–Kier alpha value is -0.120. The monoisotopic (exact) mass is 297 g/mol. The van der Waals surface area contributed by atoms with Gasteiger partial charge in [0, 0.05) is 45.3 Å². The predicted octanol–water partition coefficient (Wildman–Crippen LogP) is 3.21. The summed E-state index contributed by atoms with van der Waals surface area (Å²) in [6.07, 6.45) is 5.12. The molecule has 126 valence electrons. The fourth-order valence-corrected chi connectivity index (χ4v) is 3.55. The first-order chi connectivity index (χ1) is 10.0. The molecule has 0 radical (unpaired) electrons. The van der Waals surface area contributed by atoms with Crippen molar-refractivity contribution in [3.8, 4) is 0 Å². The Morgan fingerprint density at radius 3 is 2.24 bits per heavy atom. The number of rotatable bonds is 10. The van der Waals surface area contributed by atoms with E-state index in [0.29, 0.717) is 5.41 Å². The lowest BCUT2D eigenvalue weighted by molar-refractivity contribution is 0.0671. The molecule has 0 spiro atoms. The molecule has 2 unspecified atom stereocenters. The van der Waals surface area contributed by atoms with E-state index < -0.39 is 0 Å². The van der Waals surface area contributed by atoms with Crippen molar-refractivity contribution in [2.75, 3.05) is 45.8 Å². The summed E-state index contributed by atoms with van der Waals surface area (Å²) in [5.74, 6) is 0. The Morgan fingerprint density at radius 1 is 1.05 bits per heavy atom. The average molecular weight is 298 g/mol. The summed E-state index contributed by atoms with van der Waals surface area (Å²) in [5.41, 5.74) is 0.433. The van der Waals surface area contributed by atoms with Gasteiger partial charge in [-0.15, -0.1) is 0 Å². The SMILES string of the molecule is CCCNCC(C)(CCC)CN1CCN(C(C)CC)CC1. The summed E-state index contributed by atoms with van der Waals surface area (Å²) >= 11 is 0. The Bertz CT molecular complexity index is 261. The van der Waals surface area contributed by atoms with E-state index in [2.05, 4.69) is 49.7 Å². The van der Waals surface area contributed by atoms with Crippen molar-refractivity contribution in [1.29, 1.82) is 0 Å². The summed E-state index contributed by atoms with van der Waals surface area (Å²) in [4.78, 5) is 5.35. The molecule has 0 saturated carbocycles. The Balaban J connectivity index is 2.42. The standard InChI is InChI=1S/C18H39N3/c1-6-9-18(5,15-19-10-7-2)16-20-11-13-21(14-12-20)17(4)8-3/h17,19H,6-16H2,1-5H3. The summed E-state index contributed by atoms with van der Waals surface area (Å²) in [6, 6.07) is 0.750. The van der Waals surface area contributed by atoms with Crippen LogP contribution < -0.4 is 5.32 Å². The van der Waals surface area contributed by atoms with Crippen molar-refractivity contribution in [3.05, 3.63) is 0 Å². The molecule has 0 amide bonds. The van der Waals surface area contributed by atoms with Crippen LogP contribution in [0.2, 0.25) is 0 Å². The van der Waals surface area contributed by atoms with Crippen LogP contribution in [-0.2, 0) is 0 Å². The molecule has 0 aromatic rings. The topological polar surface area (TPSA) is 18.5 Å². The van der Waals surface area contributed by atoms with Gasteiger partial charge in [-0.1, -0.05) is 34.1 Å². The zero-order chi connectivity index (χ0) is 15.7. The molecule has 2 atom stereocenters. The van der Waals surface area contributed by atoms with Crippen molar-refractivity contribution in [2.24, 2.45) is 5.41 Å². The van der Waals surface area contributed by atoms with Gasteiger partial charge >= 0.3 is 0 Å². The van der Waals surface area contributed by atoms with Gasteiger partial charge in [0.2, 0.25) is 0 Å². The molecular weight excluding hydrogens is 258 g/mol. The lowest BCUT2D eigenvalue weighted by Crippen LogP contribution is -2.52. The van der Waals surface area contributed by atoms with E-state index in [9.17, 15) is 0 Å². The highest BCUT2D eigenvalue weighted by Crippen LogP contribution is 2.25. The molecule has 1 aliphatic heterocycles. The smallest absolute Gasteiger partial charge is 0.0113 e. The normalized spacial score (nSPS) is 22.1. The second kappa shape index (κ2) is 9.81. The molecular formula is C18H39N3. The first-order valence-corrected chi connectivity index (χ1v) is 9.21. The fourth-order valence-electron chi connectivity index (χ4n) is 3.55. The third kappa shape index (κ3) is 6.66. The first kappa shape index (κ1) is 18.9. The quantitative estimate of drug-likeness (QED) is 0.625. The number of hydrogen-bond donors (Lipinski definition) is 1. The zero-order valence-electron chi connectivity index (χ0n) is 15.2. The maximum atomic E-state index is 3.65. The van der Waals surface area contributed by atoms with Gasteiger partial charge in [-0.2, -0.15) is 0 Å². The summed E-state index contributed by atoms with van der Waals surface area (Å²) in [7, 11) is 0. The molecule has 0 bridgehead atoms. The van der Waals surface area contributed by atoms with Crippen LogP contribution in [0.4, 0.5) is 0 Å². The number of piperazine rings is 1. The second-order valence-corrected chi connectivity index (χ2v) is 7.31. The van der Waals surface area contributed by atoms with E-state index in [1.807, 2.05) is 0 Å². The van der Waals surface area contributed by atoms with Crippen LogP contribution in [0.3, 0.4) is 0 Å². The third-order valence-electron chi connectivity index (χ3n) is 5.06. The van der Waals surface area contributed by atoms with E-state index in [1.165, 1.54) is 65.0 Å². The van der Waals surface area contributed by atoms with Gasteiger partial charge in [-0.05, 0) is 38.1 Å². The van der Waals surface area contributed by atoms with Crippen LogP contribution in [0, 0.1) is 5.41 Å². The minimum Gasteiger partial charge on any atom is -0.316 e. The van der Waals surface area contributed by atoms with Crippen molar-refractivity contribution >= 4 is 0 Å². The number of nitrogens with zero attached hydrogens (tertiary/aromatic N) is 2. The maximum Gasteiger partial charge on any atom is 0.0113 e. The largest absolute Gasteiger partial charge is 0.316 e. The van der Waals surface area contributed by atoms with Crippen molar-refractivity contribution in [2.45, 2.75) is 66.3 Å². The predicted molar refractivity (Wildman–Crippen MR) is 93.9 cm³/mol. The lowest BCUT2D eigenvalue weighted by atomic mass is 9.84. The highest BCUT2D eigenvalue weighted by molar-refractivity contribution is 4.84. The Morgan fingerprint density at radius 2 is 1.71 bits per heavy atom. The first-order valence-electron chi connectivity index (χ1n) is 9.21. The third-order valence-corrected chi connectivity index (χ3v) is 5.06. The van der Waals surface area contributed by atoms with E-state index >= 15 is 0 Å². The fraction of sp³-hybridized carbons (Fsp3) is 1.00. The van der Waals surface area contributed by atoms with E-state index in [4.69, 9.17) is 0 Å². The molecule has 1 fully saturated rings. The minimum absolute atomic E-state index is 0.433. The van der Waals surface area contributed by atoms with E-state index in [1.54, 1.807) is 0 Å². The molecule has 3 heteroatoms. The van der Waals surface area contributed by atoms with Crippen LogP contribution in [0.1, 0.15) is 60.3 Å². The van der Waals surface area contributed by atoms with Gasteiger partial charge < -0.3 is 10.2 Å². The molecule has 1 aliphatic rings. The average Bonchev–Trinajstić information content (AvgIpc) is 2.47. The van der Waals surface area contributed by atoms with Crippen molar-refractivity contribution < 1.29 is 0 Å². The molecule has 0 aliphatic carbocycles. The molecule has 1 saturated heterocycles. The molecule has 0 aromatic heterocycles. The van der Waals surface area contributed by atoms with Crippen LogP contribution in [0.25, 0.3) is 0 Å². The molecule has 3 nitrogen and oxygen atoms in total. The lowest BCUT2D eigenvalue weighted by Gasteiger charge is -2.42. The van der Waals surface area contributed by atoms with Crippen LogP contribution in [0.15, 0.2) is 0 Å². The number of hydrogen-bond acceptors (Lipinski definition) is 3. The molecule has 0 aromatic carbocycles. The Kier molecular flexibility index (Phi) is 8.84. The molecule has 1 N–H and O–H groups in total. The molecule has 1 heterocycles. The van der Waals surface area contributed by atoms with Gasteiger partial charge in [0.15, 0.2) is 0 Å². The van der Waals surface area contributed by atoms with E-state index in [-0.39, 0.29) is 0 Å². The summed E-state index contributed by atoms with van der Waals surface area (Å²) in [6.45, 7) is 20.3. The van der Waals surface area contributed by atoms with Crippen molar-refractivity contribution in [3.63, 3.8) is 0 Å². The highest BCUT2D eigenvalue weighted by atomic mass is 15.3. The number of nitrogens with one attached hydrogen (secondary N) is 1. The van der Waals surface area contributed by atoms with Gasteiger partial charge in [0.1, 0.15) is 0 Å².